The van der Waals surface area contributed by atoms with Gasteiger partial charge in [0.15, 0.2) is 5.82 Å². The Hall–Kier alpha value is -3.57. The standard InChI is InChI=1S/C27H26N4O/c32-25-11-5-4-9-23(25)19-31-15-12-21(13-16-31)26-24(20-7-2-1-3-8-20)18-29-27(30-26)22-10-6-14-28-17-22/h1-11,14,17-18,21,32H,12-13,15-16,19H2. The van der Waals surface area contributed by atoms with Gasteiger partial charge >= 0.3 is 0 Å². The van der Waals surface area contributed by atoms with Crippen LogP contribution < -0.4 is 0 Å². The van der Waals surface area contributed by atoms with Crippen molar-refractivity contribution in [3.63, 3.8) is 0 Å². The van der Waals surface area contributed by atoms with Gasteiger partial charge in [0.25, 0.3) is 0 Å². The molecule has 1 N–H and O–H groups in total. The number of hydrogen-bond donors (Lipinski definition) is 1. The first-order valence-electron chi connectivity index (χ1n) is 11.1. The Morgan fingerprint density at radius 1 is 0.844 bits per heavy atom. The molecule has 5 rings (SSSR count). The number of likely N-dealkylation sites (tertiary alicyclic amines) is 1. The van der Waals surface area contributed by atoms with Crippen LogP contribution in [0.4, 0.5) is 0 Å². The molecule has 2 aromatic carbocycles. The predicted octanol–water partition coefficient (Wildman–Crippen LogP) is 5.29. The molecule has 5 nitrogen and oxygen atoms in total. The second kappa shape index (κ2) is 9.28. The fourth-order valence-corrected chi connectivity index (χ4v) is 4.43. The van der Waals surface area contributed by atoms with Crippen molar-refractivity contribution < 1.29 is 5.11 Å². The van der Waals surface area contributed by atoms with Gasteiger partial charge in [-0.3, -0.25) is 9.88 Å². The molecule has 32 heavy (non-hydrogen) atoms. The van der Waals surface area contributed by atoms with Gasteiger partial charge in [-0.05, 0) is 49.7 Å². The van der Waals surface area contributed by atoms with Crippen LogP contribution in [0.25, 0.3) is 22.5 Å². The molecular formula is C27H26N4O. The average molecular weight is 423 g/mol. The van der Waals surface area contributed by atoms with E-state index in [1.165, 1.54) is 0 Å². The fraction of sp³-hybridized carbons (Fsp3) is 0.222. The summed E-state index contributed by atoms with van der Waals surface area (Å²) in [6, 6.07) is 21.9. The van der Waals surface area contributed by atoms with E-state index in [9.17, 15) is 5.11 Å². The highest BCUT2D eigenvalue weighted by atomic mass is 16.3. The lowest BCUT2D eigenvalue weighted by molar-refractivity contribution is 0.201. The van der Waals surface area contributed by atoms with E-state index in [0.717, 1.165) is 66.2 Å². The van der Waals surface area contributed by atoms with Gasteiger partial charge in [-0.2, -0.15) is 0 Å². The molecule has 1 aliphatic heterocycles. The van der Waals surface area contributed by atoms with Gasteiger partial charge in [-0.25, -0.2) is 9.97 Å². The number of benzene rings is 2. The lowest BCUT2D eigenvalue weighted by atomic mass is 9.88. The lowest BCUT2D eigenvalue weighted by Crippen LogP contribution is -2.33. The Morgan fingerprint density at radius 3 is 2.34 bits per heavy atom. The van der Waals surface area contributed by atoms with Crippen molar-refractivity contribution in [2.75, 3.05) is 13.1 Å². The molecule has 0 saturated carbocycles. The van der Waals surface area contributed by atoms with E-state index in [1.807, 2.05) is 48.8 Å². The molecule has 0 amide bonds. The molecule has 0 spiro atoms. The van der Waals surface area contributed by atoms with Crippen molar-refractivity contribution in [1.82, 2.24) is 19.9 Å². The molecule has 4 aromatic rings. The molecular weight excluding hydrogens is 396 g/mol. The van der Waals surface area contributed by atoms with Crippen molar-refractivity contribution in [1.29, 1.82) is 0 Å². The number of phenolic OH excluding ortho intramolecular Hbond substituents is 1. The second-order valence-electron chi connectivity index (χ2n) is 8.28. The highest BCUT2D eigenvalue weighted by Gasteiger charge is 2.25. The lowest BCUT2D eigenvalue weighted by Gasteiger charge is -2.32. The van der Waals surface area contributed by atoms with Crippen LogP contribution in [0.15, 0.2) is 85.3 Å². The highest BCUT2D eigenvalue weighted by molar-refractivity contribution is 5.67. The minimum Gasteiger partial charge on any atom is -0.508 e. The second-order valence-corrected chi connectivity index (χ2v) is 8.28. The number of piperidine rings is 1. The van der Waals surface area contributed by atoms with Crippen LogP contribution >= 0.6 is 0 Å². The first-order chi connectivity index (χ1) is 15.8. The third-order valence-corrected chi connectivity index (χ3v) is 6.18. The number of aromatic nitrogens is 3. The van der Waals surface area contributed by atoms with Crippen LogP contribution in [0.2, 0.25) is 0 Å². The van der Waals surface area contributed by atoms with E-state index >= 15 is 0 Å². The molecule has 0 unspecified atom stereocenters. The van der Waals surface area contributed by atoms with E-state index < -0.39 is 0 Å². The molecule has 0 radical (unpaired) electrons. The quantitative estimate of drug-likeness (QED) is 0.473. The Labute approximate surface area is 188 Å². The molecule has 2 aromatic heterocycles. The van der Waals surface area contributed by atoms with Gasteiger partial charge in [0.1, 0.15) is 5.75 Å². The van der Waals surface area contributed by atoms with E-state index in [4.69, 9.17) is 4.98 Å². The average Bonchev–Trinajstić information content (AvgIpc) is 2.87. The SMILES string of the molecule is Oc1ccccc1CN1CCC(c2nc(-c3cccnc3)ncc2-c2ccccc2)CC1. The summed E-state index contributed by atoms with van der Waals surface area (Å²) in [6.45, 7) is 2.72. The van der Waals surface area contributed by atoms with Gasteiger partial charge in [-0.15, -0.1) is 0 Å². The maximum Gasteiger partial charge on any atom is 0.160 e. The minimum atomic E-state index is 0.365. The summed E-state index contributed by atoms with van der Waals surface area (Å²) in [5.74, 6) is 1.46. The number of para-hydroxylation sites is 1. The summed E-state index contributed by atoms with van der Waals surface area (Å²) in [4.78, 5) is 16.4. The number of nitrogens with zero attached hydrogens (tertiary/aromatic N) is 4. The summed E-state index contributed by atoms with van der Waals surface area (Å²) in [6.07, 6.45) is 7.60. The Morgan fingerprint density at radius 2 is 1.59 bits per heavy atom. The van der Waals surface area contributed by atoms with Crippen molar-refractivity contribution in [2.45, 2.75) is 25.3 Å². The number of hydrogen-bond acceptors (Lipinski definition) is 5. The number of pyridine rings is 1. The summed E-state index contributed by atoms with van der Waals surface area (Å²) in [7, 11) is 0. The zero-order valence-electron chi connectivity index (χ0n) is 17.9. The summed E-state index contributed by atoms with van der Waals surface area (Å²) < 4.78 is 0. The molecule has 0 aliphatic carbocycles. The Bertz CT molecular complexity index is 1170. The number of aromatic hydroxyl groups is 1. The highest BCUT2D eigenvalue weighted by Crippen LogP contribution is 2.35. The largest absolute Gasteiger partial charge is 0.508 e. The first kappa shape index (κ1) is 20.3. The predicted molar refractivity (Wildman–Crippen MR) is 126 cm³/mol. The van der Waals surface area contributed by atoms with E-state index in [1.54, 1.807) is 12.3 Å². The number of phenols is 1. The molecule has 0 atom stereocenters. The summed E-state index contributed by atoms with van der Waals surface area (Å²) >= 11 is 0. The number of rotatable bonds is 5. The third-order valence-electron chi connectivity index (χ3n) is 6.18. The molecule has 5 heteroatoms. The van der Waals surface area contributed by atoms with E-state index in [2.05, 4.69) is 39.1 Å². The van der Waals surface area contributed by atoms with E-state index in [0.29, 0.717) is 11.7 Å². The van der Waals surface area contributed by atoms with Gasteiger partial charge in [-0.1, -0.05) is 48.5 Å². The molecule has 0 bridgehead atoms. The molecule has 3 heterocycles. The van der Waals surface area contributed by atoms with Crippen LogP contribution in [-0.2, 0) is 6.54 Å². The topological polar surface area (TPSA) is 62.1 Å². The van der Waals surface area contributed by atoms with Gasteiger partial charge in [0.2, 0.25) is 0 Å². The monoisotopic (exact) mass is 422 g/mol. The molecule has 1 saturated heterocycles. The Kier molecular flexibility index (Phi) is 5.90. The molecule has 1 aliphatic rings. The van der Waals surface area contributed by atoms with Gasteiger partial charge < -0.3 is 5.11 Å². The van der Waals surface area contributed by atoms with Crippen LogP contribution in [-0.4, -0.2) is 38.0 Å². The first-order valence-corrected chi connectivity index (χ1v) is 11.1. The third kappa shape index (κ3) is 4.39. The zero-order valence-corrected chi connectivity index (χ0v) is 17.9. The summed E-state index contributed by atoms with van der Waals surface area (Å²) in [5, 5.41) is 10.1. The smallest absolute Gasteiger partial charge is 0.160 e. The van der Waals surface area contributed by atoms with E-state index in [-0.39, 0.29) is 0 Å². The zero-order chi connectivity index (χ0) is 21.8. The van der Waals surface area contributed by atoms with Crippen LogP contribution in [0.5, 0.6) is 5.75 Å². The van der Waals surface area contributed by atoms with Gasteiger partial charge in [0, 0.05) is 47.7 Å². The Balaban J connectivity index is 1.41. The normalized spacial score (nSPS) is 15.0. The minimum absolute atomic E-state index is 0.365. The van der Waals surface area contributed by atoms with Crippen molar-refractivity contribution in [3.8, 4) is 28.3 Å². The van der Waals surface area contributed by atoms with Crippen LogP contribution in [0, 0.1) is 0 Å². The molecule has 1 fully saturated rings. The van der Waals surface area contributed by atoms with Crippen molar-refractivity contribution in [2.24, 2.45) is 0 Å². The summed E-state index contributed by atoms with van der Waals surface area (Å²) in [5.41, 5.74) is 5.30. The maximum atomic E-state index is 10.1. The maximum absolute atomic E-state index is 10.1. The molecule has 160 valence electrons. The van der Waals surface area contributed by atoms with Crippen LogP contribution in [0.1, 0.15) is 30.0 Å². The van der Waals surface area contributed by atoms with Crippen LogP contribution in [0.3, 0.4) is 0 Å². The van der Waals surface area contributed by atoms with Gasteiger partial charge in [0.05, 0.1) is 5.69 Å². The van der Waals surface area contributed by atoms with Crippen molar-refractivity contribution >= 4 is 0 Å². The van der Waals surface area contributed by atoms with Crippen molar-refractivity contribution in [3.05, 3.63) is 96.6 Å². The fourth-order valence-electron chi connectivity index (χ4n) is 4.43.